The van der Waals surface area contributed by atoms with Gasteiger partial charge in [0.15, 0.2) is 10.4 Å². The number of hydrogen-bond donors (Lipinski definition) is 2. The minimum atomic E-state index is -3.64. The molecule has 1 fully saturated rings. The fourth-order valence-corrected chi connectivity index (χ4v) is 4.98. The fourth-order valence-electron chi connectivity index (χ4n) is 3.00. The molecular formula is C15H19BrN4O4S. The number of carbonyl (C=O) groups excluding carboxylic acids is 1. The molecule has 2 N–H and O–H groups in total. The summed E-state index contributed by atoms with van der Waals surface area (Å²) < 4.78 is 33.7. The van der Waals surface area contributed by atoms with Gasteiger partial charge in [-0.3, -0.25) is 9.89 Å². The highest BCUT2D eigenvalue weighted by Crippen LogP contribution is 2.21. The minimum Gasteiger partial charge on any atom is -0.444 e. The molecule has 136 valence electrons. The molecule has 2 aromatic heterocycles. The maximum absolute atomic E-state index is 12.6. The standard InChI is InChI=1S/C15H19BrN4O4S/c1-9-14(10(2)18-17-9)25(22,23)19-11-5-7-20(8-6-11)15(21)12-3-4-13(16)24-12/h3-4,11,19H,5-8H2,1-2H3,(H,17,18). The number of sulfonamides is 1. The van der Waals surface area contributed by atoms with Crippen molar-refractivity contribution in [3.63, 3.8) is 0 Å². The van der Waals surface area contributed by atoms with Crippen LogP contribution in [0.3, 0.4) is 0 Å². The molecule has 1 aliphatic heterocycles. The van der Waals surface area contributed by atoms with Crippen LogP contribution in [0, 0.1) is 13.8 Å². The number of likely N-dealkylation sites (tertiary alicyclic amines) is 1. The van der Waals surface area contributed by atoms with Crippen molar-refractivity contribution in [3.8, 4) is 0 Å². The van der Waals surface area contributed by atoms with E-state index in [1.165, 1.54) is 0 Å². The number of aryl methyl sites for hydroxylation is 2. The zero-order valence-corrected chi connectivity index (χ0v) is 16.3. The third-order valence-electron chi connectivity index (χ3n) is 4.22. The van der Waals surface area contributed by atoms with Crippen molar-refractivity contribution >= 4 is 31.9 Å². The summed E-state index contributed by atoms with van der Waals surface area (Å²) in [6, 6.07) is 3.07. The van der Waals surface area contributed by atoms with Crippen molar-refractivity contribution in [1.29, 1.82) is 0 Å². The summed E-state index contributed by atoms with van der Waals surface area (Å²) >= 11 is 3.18. The molecule has 3 rings (SSSR count). The van der Waals surface area contributed by atoms with Crippen LogP contribution in [-0.2, 0) is 10.0 Å². The van der Waals surface area contributed by atoms with E-state index in [9.17, 15) is 13.2 Å². The molecule has 0 radical (unpaired) electrons. The quantitative estimate of drug-likeness (QED) is 0.770. The smallest absolute Gasteiger partial charge is 0.289 e. The number of aromatic nitrogens is 2. The van der Waals surface area contributed by atoms with Crippen LogP contribution in [-0.4, -0.2) is 48.6 Å². The summed E-state index contributed by atoms with van der Waals surface area (Å²) in [5.41, 5.74) is 0.960. The molecule has 1 saturated heterocycles. The predicted octanol–water partition coefficient (Wildman–Crippen LogP) is 1.97. The Morgan fingerprint density at radius 2 is 2.04 bits per heavy atom. The summed E-state index contributed by atoms with van der Waals surface area (Å²) in [6.45, 7) is 4.26. The summed E-state index contributed by atoms with van der Waals surface area (Å²) in [5.74, 6) is 0.0871. The van der Waals surface area contributed by atoms with Crippen LogP contribution in [0.1, 0.15) is 34.8 Å². The van der Waals surface area contributed by atoms with E-state index >= 15 is 0 Å². The van der Waals surface area contributed by atoms with Crippen LogP contribution in [0.15, 0.2) is 26.1 Å². The number of amides is 1. The molecule has 10 heteroatoms. The van der Waals surface area contributed by atoms with Crippen LogP contribution in [0.4, 0.5) is 0 Å². The van der Waals surface area contributed by atoms with Gasteiger partial charge in [-0.25, -0.2) is 13.1 Å². The van der Waals surface area contributed by atoms with Gasteiger partial charge < -0.3 is 9.32 Å². The number of H-pyrrole nitrogens is 1. The molecule has 0 aromatic carbocycles. The number of nitrogens with one attached hydrogen (secondary N) is 2. The zero-order chi connectivity index (χ0) is 18.2. The Bertz CT molecular complexity index is 862. The van der Waals surface area contributed by atoms with Crippen molar-refractivity contribution in [3.05, 3.63) is 34.0 Å². The first-order valence-corrected chi connectivity index (χ1v) is 10.1. The van der Waals surface area contributed by atoms with E-state index in [1.54, 1.807) is 30.9 Å². The molecule has 0 bridgehead atoms. The van der Waals surface area contributed by atoms with E-state index in [1.807, 2.05) is 0 Å². The van der Waals surface area contributed by atoms with Gasteiger partial charge in [-0.15, -0.1) is 0 Å². The minimum absolute atomic E-state index is 0.187. The summed E-state index contributed by atoms with van der Waals surface area (Å²) in [7, 11) is -3.64. The number of aromatic amines is 1. The molecule has 0 unspecified atom stereocenters. The molecule has 3 heterocycles. The molecule has 1 aliphatic rings. The fraction of sp³-hybridized carbons (Fsp3) is 0.467. The Morgan fingerprint density at radius 1 is 1.36 bits per heavy atom. The number of rotatable bonds is 4. The highest BCUT2D eigenvalue weighted by Gasteiger charge is 2.30. The lowest BCUT2D eigenvalue weighted by atomic mass is 10.1. The van der Waals surface area contributed by atoms with E-state index in [-0.39, 0.29) is 22.6 Å². The Balaban J connectivity index is 1.62. The molecule has 1 amide bonds. The lowest BCUT2D eigenvalue weighted by molar-refractivity contribution is 0.0677. The second-order valence-electron chi connectivity index (χ2n) is 6.05. The van der Waals surface area contributed by atoms with Gasteiger partial charge in [-0.1, -0.05) is 0 Å². The zero-order valence-electron chi connectivity index (χ0n) is 13.9. The number of carbonyl (C=O) groups is 1. The molecule has 25 heavy (non-hydrogen) atoms. The third kappa shape index (κ3) is 3.80. The van der Waals surface area contributed by atoms with Gasteiger partial charge >= 0.3 is 0 Å². The van der Waals surface area contributed by atoms with Crippen LogP contribution in [0.2, 0.25) is 0 Å². The van der Waals surface area contributed by atoms with Gasteiger partial charge in [-0.2, -0.15) is 5.10 Å². The van der Waals surface area contributed by atoms with Crippen LogP contribution >= 0.6 is 15.9 Å². The second kappa shape index (κ2) is 6.93. The normalized spacial score (nSPS) is 16.4. The number of furan rings is 1. The van der Waals surface area contributed by atoms with Gasteiger partial charge in [0.25, 0.3) is 5.91 Å². The Morgan fingerprint density at radius 3 is 2.56 bits per heavy atom. The second-order valence-corrected chi connectivity index (χ2v) is 8.49. The molecule has 8 nitrogen and oxygen atoms in total. The molecule has 0 atom stereocenters. The molecule has 0 aliphatic carbocycles. The average Bonchev–Trinajstić information content (AvgIpc) is 3.13. The summed E-state index contributed by atoms with van der Waals surface area (Å²) in [4.78, 5) is 14.2. The highest BCUT2D eigenvalue weighted by molar-refractivity contribution is 9.10. The Kier molecular flexibility index (Phi) is 5.03. The molecule has 0 spiro atoms. The highest BCUT2D eigenvalue weighted by atomic mass is 79.9. The van der Waals surface area contributed by atoms with Crippen molar-refractivity contribution in [2.24, 2.45) is 0 Å². The first-order valence-electron chi connectivity index (χ1n) is 7.86. The van der Waals surface area contributed by atoms with E-state index in [0.29, 0.717) is 42.0 Å². The number of hydrogen-bond acceptors (Lipinski definition) is 5. The van der Waals surface area contributed by atoms with Crippen molar-refractivity contribution in [1.82, 2.24) is 19.8 Å². The number of halogens is 1. The van der Waals surface area contributed by atoms with Gasteiger partial charge in [0.1, 0.15) is 4.90 Å². The molecular weight excluding hydrogens is 412 g/mol. The number of nitrogens with zero attached hydrogens (tertiary/aromatic N) is 2. The topological polar surface area (TPSA) is 108 Å². The van der Waals surface area contributed by atoms with E-state index < -0.39 is 10.0 Å². The van der Waals surface area contributed by atoms with E-state index in [4.69, 9.17) is 4.42 Å². The number of piperidine rings is 1. The van der Waals surface area contributed by atoms with Crippen LogP contribution in [0.25, 0.3) is 0 Å². The molecule has 0 saturated carbocycles. The lowest BCUT2D eigenvalue weighted by Crippen LogP contribution is -2.46. The monoisotopic (exact) mass is 430 g/mol. The largest absolute Gasteiger partial charge is 0.444 e. The first kappa shape index (κ1) is 18.2. The first-order chi connectivity index (χ1) is 11.8. The lowest BCUT2D eigenvalue weighted by Gasteiger charge is -2.31. The van der Waals surface area contributed by atoms with Gasteiger partial charge in [0.2, 0.25) is 10.0 Å². The Hall–Kier alpha value is -1.65. The van der Waals surface area contributed by atoms with Gasteiger partial charge in [0.05, 0.1) is 11.4 Å². The summed E-state index contributed by atoms with van der Waals surface area (Å²) in [6.07, 6.45) is 1.09. The maximum Gasteiger partial charge on any atom is 0.289 e. The maximum atomic E-state index is 12.6. The van der Waals surface area contributed by atoms with Crippen molar-refractivity contribution < 1.29 is 17.6 Å². The van der Waals surface area contributed by atoms with E-state index in [0.717, 1.165) is 0 Å². The average molecular weight is 431 g/mol. The van der Waals surface area contributed by atoms with E-state index in [2.05, 4.69) is 30.8 Å². The Labute approximate surface area is 154 Å². The summed E-state index contributed by atoms with van der Waals surface area (Å²) in [5, 5.41) is 6.62. The van der Waals surface area contributed by atoms with Crippen molar-refractivity contribution in [2.75, 3.05) is 13.1 Å². The van der Waals surface area contributed by atoms with Crippen molar-refractivity contribution in [2.45, 2.75) is 37.6 Å². The van der Waals surface area contributed by atoms with Gasteiger partial charge in [0, 0.05) is 19.1 Å². The van der Waals surface area contributed by atoms with Crippen LogP contribution in [0.5, 0.6) is 0 Å². The predicted molar refractivity (Wildman–Crippen MR) is 93.7 cm³/mol. The van der Waals surface area contributed by atoms with Gasteiger partial charge in [-0.05, 0) is 54.8 Å². The molecule has 2 aromatic rings. The van der Waals surface area contributed by atoms with Crippen LogP contribution < -0.4 is 4.72 Å². The SMILES string of the molecule is Cc1n[nH]c(C)c1S(=O)(=O)NC1CCN(C(=O)c2ccc(Br)o2)CC1. The third-order valence-corrected chi connectivity index (χ3v) is 6.43.